The van der Waals surface area contributed by atoms with Crippen LogP contribution in [0, 0.1) is 5.92 Å². The molecule has 0 N–H and O–H groups in total. The fourth-order valence-electron chi connectivity index (χ4n) is 2.38. The largest absolute Gasteiger partial charge is 0.372 e. The molecule has 1 fully saturated rings. The van der Waals surface area contributed by atoms with E-state index in [4.69, 9.17) is 16.3 Å². The van der Waals surface area contributed by atoms with Crippen LogP contribution in [0.1, 0.15) is 37.4 Å². The minimum Gasteiger partial charge on any atom is -0.372 e. The van der Waals surface area contributed by atoms with Crippen LogP contribution in [0.4, 0.5) is 0 Å². The highest BCUT2D eigenvalue weighted by atomic mass is 127. The quantitative estimate of drug-likeness (QED) is 0.526. The van der Waals surface area contributed by atoms with Crippen LogP contribution < -0.4 is 0 Å². The molecular weight excluding hydrogens is 347 g/mol. The first kappa shape index (κ1) is 13.6. The second-order valence-corrected chi connectivity index (χ2v) is 5.94. The minimum absolute atomic E-state index is 0.143. The predicted octanol–water partition coefficient (Wildman–Crippen LogP) is 5.02. The molecule has 0 aromatic heterocycles. The first-order chi connectivity index (χ1) is 8.31. The van der Waals surface area contributed by atoms with Crippen LogP contribution in [0.3, 0.4) is 0 Å². The van der Waals surface area contributed by atoms with Crippen molar-refractivity contribution in [1.82, 2.24) is 0 Å². The summed E-state index contributed by atoms with van der Waals surface area (Å²) in [6.07, 6.45) is 5.54. The number of benzene rings is 1. The van der Waals surface area contributed by atoms with Gasteiger partial charge in [0.2, 0.25) is 0 Å². The van der Waals surface area contributed by atoms with E-state index < -0.39 is 0 Å². The summed E-state index contributed by atoms with van der Waals surface area (Å²) < 4.78 is 7.00. The SMILES string of the molecule is Clc1ccccc1C(CI)OCC1CCCC1. The molecule has 1 aromatic rings. The number of alkyl halides is 1. The molecule has 0 amide bonds. The molecule has 2 rings (SSSR count). The number of rotatable bonds is 5. The maximum absolute atomic E-state index is 6.21. The van der Waals surface area contributed by atoms with Gasteiger partial charge in [-0.15, -0.1) is 0 Å². The van der Waals surface area contributed by atoms with E-state index in [1.165, 1.54) is 25.7 Å². The van der Waals surface area contributed by atoms with Crippen molar-refractivity contribution >= 4 is 34.2 Å². The van der Waals surface area contributed by atoms with Gasteiger partial charge in [0.05, 0.1) is 12.7 Å². The molecule has 0 aliphatic heterocycles. The summed E-state index contributed by atoms with van der Waals surface area (Å²) >= 11 is 8.58. The van der Waals surface area contributed by atoms with Crippen molar-refractivity contribution in [3.63, 3.8) is 0 Å². The minimum atomic E-state index is 0.143. The van der Waals surface area contributed by atoms with Crippen LogP contribution in [0.2, 0.25) is 5.02 Å². The van der Waals surface area contributed by atoms with Gasteiger partial charge in [0.15, 0.2) is 0 Å². The van der Waals surface area contributed by atoms with Crippen LogP contribution in [-0.4, -0.2) is 11.0 Å². The van der Waals surface area contributed by atoms with E-state index in [1.807, 2.05) is 18.2 Å². The molecule has 1 saturated carbocycles. The van der Waals surface area contributed by atoms with Gasteiger partial charge in [-0.05, 0) is 24.8 Å². The maximum atomic E-state index is 6.21. The summed E-state index contributed by atoms with van der Waals surface area (Å²) in [6, 6.07) is 8.00. The maximum Gasteiger partial charge on any atom is 0.0928 e. The van der Waals surface area contributed by atoms with Gasteiger partial charge in [-0.1, -0.05) is 65.2 Å². The topological polar surface area (TPSA) is 9.23 Å². The third-order valence-corrected chi connectivity index (χ3v) is 4.54. The van der Waals surface area contributed by atoms with E-state index in [2.05, 4.69) is 28.7 Å². The smallest absolute Gasteiger partial charge is 0.0928 e. The zero-order valence-electron chi connectivity index (χ0n) is 9.87. The molecule has 1 unspecified atom stereocenters. The van der Waals surface area contributed by atoms with E-state index in [0.717, 1.165) is 27.5 Å². The van der Waals surface area contributed by atoms with Crippen molar-refractivity contribution in [1.29, 1.82) is 0 Å². The van der Waals surface area contributed by atoms with Gasteiger partial charge < -0.3 is 4.74 Å². The molecule has 1 aliphatic carbocycles. The summed E-state index contributed by atoms with van der Waals surface area (Å²) in [5.74, 6) is 0.767. The Labute approximate surface area is 122 Å². The Kier molecular flexibility index (Phi) is 5.57. The second kappa shape index (κ2) is 6.95. The van der Waals surface area contributed by atoms with Crippen molar-refractivity contribution in [2.45, 2.75) is 31.8 Å². The Morgan fingerprint density at radius 3 is 2.65 bits per heavy atom. The first-order valence-corrected chi connectivity index (χ1v) is 8.13. The summed E-state index contributed by atoms with van der Waals surface area (Å²) in [6.45, 7) is 0.888. The monoisotopic (exact) mass is 364 g/mol. The highest BCUT2D eigenvalue weighted by molar-refractivity contribution is 14.1. The number of hydrogen-bond donors (Lipinski definition) is 0. The van der Waals surface area contributed by atoms with Gasteiger partial charge in [0.25, 0.3) is 0 Å². The van der Waals surface area contributed by atoms with E-state index in [1.54, 1.807) is 0 Å². The molecule has 0 radical (unpaired) electrons. The molecule has 1 aromatic carbocycles. The lowest BCUT2D eigenvalue weighted by atomic mass is 10.1. The van der Waals surface area contributed by atoms with E-state index in [9.17, 15) is 0 Å². The molecule has 0 saturated heterocycles. The van der Waals surface area contributed by atoms with Gasteiger partial charge in [-0.2, -0.15) is 0 Å². The van der Waals surface area contributed by atoms with Crippen molar-refractivity contribution in [3.05, 3.63) is 34.9 Å². The number of halogens is 2. The highest BCUT2D eigenvalue weighted by Crippen LogP contribution is 2.30. The fraction of sp³-hybridized carbons (Fsp3) is 0.571. The molecule has 0 heterocycles. The van der Waals surface area contributed by atoms with Crippen LogP contribution in [0.15, 0.2) is 24.3 Å². The summed E-state index contributed by atoms with van der Waals surface area (Å²) in [5.41, 5.74) is 1.13. The molecule has 94 valence electrons. The summed E-state index contributed by atoms with van der Waals surface area (Å²) in [4.78, 5) is 0. The summed E-state index contributed by atoms with van der Waals surface area (Å²) in [5, 5.41) is 0.820. The van der Waals surface area contributed by atoms with Gasteiger partial charge in [-0.25, -0.2) is 0 Å². The second-order valence-electron chi connectivity index (χ2n) is 4.65. The van der Waals surface area contributed by atoms with Crippen molar-refractivity contribution in [2.24, 2.45) is 5.92 Å². The third kappa shape index (κ3) is 3.83. The van der Waals surface area contributed by atoms with Crippen molar-refractivity contribution < 1.29 is 4.74 Å². The number of ether oxygens (including phenoxy) is 1. The zero-order chi connectivity index (χ0) is 12.1. The lowest BCUT2D eigenvalue weighted by Crippen LogP contribution is -2.12. The van der Waals surface area contributed by atoms with Gasteiger partial charge in [0.1, 0.15) is 0 Å². The molecular formula is C14H18ClIO. The zero-order valence-corrected chi connectivity index (χ0v) is 12.8. The van der Waals surface area contributed by atoms with E-state index in [-0.39, 0.29) is 6.10 Å². The predicted molar refractivity (Wildman–Crippen MR) is 81.0 cm³/mol. The van der Waals surface area contributed by atoms with Gasteiger partial charge >= 0.3 is 0 Å². The Balaban J connectivity index is 1.94. The molecule has 1 aliphatic rings. The normalized spacial score (nSPS) is 18.5. The third-order valence-electron chi connectivity index (χ3n) is 3.40. The van der Waals surface area contributed by atoms with E-state index in [0.29, 0.717) is 0 Å². The Morgan fingerprint density at radius 2 is 2.00 bits per heavy atom. The molecule has 0 bridgehead atoms. The lowest BCUT2D eigenvalue weighted by Gasteiger charge is -2.19. The first-order valence-electron chi connectivity index (χ1n) is 6.23. The van der Waals surface area contributed by atoms with Crippen LogP contribution in [0.5, 0.6) is 0 Å². The Morgan fingerprint density at radius 1 is 1.29 bits per heavy atom. The highest BCUT2D eigenvalue weighted by Gasteiger charge is 2.19. The average Bonchev–Trinajstić information content (AvgIpc) is 2.85. The Hall–Kier alpha value is 0.200. The van der Waals surface area contributed by atoms with Crippen LogP contribution >= 0.6 is 34.2 Å². The van der Waals surface area contributed by atoms with Crippen LogP contribution in [-0.2, 0) is 4.74 Å². The van der Waals surface area contributed by atoms with Crippen molar-refractivity contribution in [3.8, 4) is 0 Å². The standard InChI is InChI=1S/C14H18ClIO/c15-13-8-4-3-7-12(13)14(9-16)17-10-11-5-1-2-6-11/h3-4,7-8,11,14H,1-2,5-6,9-10H2. The lowest BCUT2D eigenvalue weighted by molar-refractivity contribution is 0.0454. The molecule has 1 nitrogen and oxygen atoms in total. The van der Waals surface area contributed by atoms with Crippen molar-refractivity contribution in [2.75, 3.05) is 11.0 Å². The van der Waals surface area contributed by atoms with Gasteiger partial charge in [-0.3, -0.25) is 0 Å². The van der Waals surface area contributed by atoms with Crippen LogP contribution in [0.25, 0.3) is 0 Å². The molecule has 0 spiro atoms. The fourth-order valence-corrected chi connectivity index (χ4v) is 3.37. The molecule has 3 heteroatoms. The number of hydrogen-bond acceptors (Lipinski definition) is 1. The average molecular weight is 365 g/mol. The van der Waals surface area contributed by atoms with Gasteiger partial charge in [0, 0.05) is 15.0 Å². The van der Waals surface area contributed by atoms with E-state index >= 15 is 0 Å². The summed E-state index contributed by atoms with van der Waals surface area (Å²) in [7, 11) is 0. The molecule has 17 heavy (non-hydrogen) atoms. The molecule has 1 atom stereocenters. The Bertz CT molecular complexity index is 350.